The van der Waals surface area contributed by atoms with Crippen LogP contribution in [-0.4, -0.2) is 11.2 Å². The summed E-state index contributed by atoms with van der Waals surface area (Å²) < 4.78 is 0. The van der Waals surface area contributed by atoms with E-state index in [2.05, 4.69) is 19.1 Å². The predicted molar refractivity (Wildman–Crippen MR) is 47.3 cm³/mol. The lowest BCUT2D eigenvalue weighted by atomic mass is 9.88. The SMILES string of the molecule is CC(O)CC(C)C1CC=CC1. The molecule has 0 saturated heterocycles. The normalized spacial score (nSPS) is 23.9. The number of hydrogen-bond acceptors (Lipinski definition) is 1. The lowest BCUT2D eigenvalue weighted by Crippen LogP contribution is -2.14. The molecule has 0 aromatic carbocycles. The van der Waals surface area contributed by atoms with E-state index < -0.39 is 0 Å². The van der Waals surface area contributed by atoms with E-state index in [1.807, 2.05) is 6.92 Å². The summed E-state index contributed by atoms with van der Waals surface area (Å²) in [7, 11) is 0. The highest BCUT2D eigenvalue weighted by atomic mass is 16.3. The highest BCUT2D eigenvalue weighted by molar-refractivity contribution is 4.95. The second kappa shape index (κ2) is 3.91. The summed E-state index contributed by atoms with van der Waals surface area (Å²) in [6.07, 6.45) is 7.76. The largest absolute Gasteiger partial charge is 0.393 e. The van der Waals surface area contributed by atoms with Crippen molar-refractivity contribution in [2.24, 2.45) is 11.8 Å². The van der Waals surface area contributed by atoms with Crippen LogP contribution < -0.4 is 0 Å². The zero-order valence-corrected chi connectivity index (χ0v) is 7.46. The van der Waals surface area contributed by atoms with Crippen molar-refractivity contribution in [3.05, 3.63) is 12.2 Å². The van der Waals surface area contributed by atoms with Gasteiger partial charge in [-0.1, -0.05) is 19.1 Å². The molecule has 0 fully saturated rings. The summed E-state index contributed by atoms with van der Waals surface area (Å²) in [6.45, 7) is 4.11. The van der Waals surface area contributed by atoms with Gasteiger partial charge in [-0.2, -0.15) is 0 Å². The van der Waals surface area contributed by atoms with E-state index in [4.69, 9.17) is 5.11 Å². The van der Waals surface area contributed by atoms with Gasteiger partial charge in [-0.05, 0) is 38.0 Å². The molecule has 64 valence electrons. The second-order valence-electron chi connectivity index (χ2n) is 3.76. The van der Waals surface area contributed by atoms with Gasteiger partial charge < -0.3 is 5.11 Å². The minimum Gasteiger partial charge on any atom is -0.393 e. The number of hydrogen-bond donors (Lipinski definition) is 1. The lowest BCUT2D eigenvalue weighted by molar-refractivity contribution is 0.147. The molecule has 2 atom stereocenters. The van der Waals surface area contributed by atoms with Gasteiger partial charge in [0.25, 0.3) is 0 Å². The van der Waals surface area contributed by atoms with E-state index in [1.165, 1.54) is 12.8 Å². The quantitative estimate of drug-likeness (QED) is 0.619. The van der Waals surface area contributed by atoms with E-state index in [0.29, 0.717) is 5.92 Å². The van der Waals surface area contributed by atoms with E-state index in [1.54, 1.807) is 0 Å². The molecule has 0 aliphatic heterocycles. The van der Waals surface area contributed by atoms with Crippen LogP contribution >= 0.6 is 0 Å². The molecule has 0 bridgehead atoms. The molecular weight excluding hydrogens is 136 g/mol. The predicted octanol–water partition coefficient (Wildman–Crippen LogP) is 2.36. The topological polar surface area (TPSA) is 20.2 Å². The number of aliphatic hydroxyl groups excluding tert-OH is 1. The van der Waals surface area contributed by atoms with Crippen molar-refractivity contribution in [1.82, 2.24) is 0 Å². The van der Waals surface area contributed by atoms with Crippen molar-refractivity contribution in [1.29, 1.82) is 0 Å². The molecule has 1 rings (SSSR count). The van der Waals surface area contributed by atoms with Crippen LogP contribution in [0.5, 0.6) is 0 Å². The van der Waals surface area contributed by atoms with Crippen molar-refractivity contribution in [3.63, 3.8) is 0 Å². The lowest BCUT2D eigenvalue weighted by Gasteiger charge is -2.19. The molecule has 2 unspecified atom stereocenters. The third kappa shape index (κ3) is 2.66. The van der Waals surface area contributed by atoms with Crippen LogP contribution in [0.4, 0.5) is 0 Å². The Balaban J connectivity index is 2.24. The van der Waals surface area contributed by atoms with Crippen molar-refractivity contribution in [2.45, 2.75) is 39.2 Å². The van der Waals surface area contributed by atoms with Crippen LogP contribution in [0.25, 0.3) is 0 Å². The molecule has 1 heteroatoms. The molecular formula is C10H18O. The van der Waals surface area contributed by atoms with Gasteiger partial charge >= 0.3 is 0 Å². The third-order valence-electron chi connectivity index (χ3n) is 2.56. The highest BCUT2D eigenvalue weighted by Gasteiger charge is 2.18. The van der Waals surface area contributed by atoms with Crippen LogP contribution in [-0.2, 0) is 0 Å². The van der Waals surface area contributed by atoms with Gasteiger partial charge in [0, 0.05) is 0 Å². The molecule has 0 spiro atoms. The summed E-state index contributed by atoms with van der Waals surface area (Å²) in [5.41, 5.74) is 0. The molecule has 0 aromatic rings. The average molecular weight is 154 g/mol. The maximum Gasteiger partial charge on any atom is 0.0514 e. The molecule has 1 aliphatic rings. The van der Waals surface area contributed by atoms with Crippen LogP contribution in [0, 0.1) is 11.8 Å². The summed E-state index contributed by atoms with van der Waals surface area (Å²) in [5, 5.41) is 9.16. The van der Waals surface area contributed by atoms with Crippen molar-refractivity contribution < 1.29 is 5.11 Å². The number of allylic oxidation sites excluding steroid dienone is 2. The summed E-state index contributed by atoms with van der Waals surface area (Å²) >= 11 is 0. The van der Waals surface area contributed by atoms with Crippen LogP contribution in [0.2, 0.25) is 0 Å². The van der Waals surface area contributed by atoms with E-state index in [0.717, 1.165) is 12.3 Å². The molecule has 1 nitrogen and oxygen atoms in total. The second-order valence-corrected chi connectivity index (χ2v) is 3.76. The monoisotopic (exact) mass is 154 g/mol. The maximum atomic E-state index is 9.16. The molecule has 1 aliphatic carbocycles. The molecule has 0 heterocycles. The first kappa shape index (κ1) is 8.79. The fourth-order valence-electron chi connectivity index (χ4n) is 1.83. The van der Waals surface area contributed by atoms with Gasteiger partial charge in [0.05, 0.1) is 6.10 Å². The Morgan fingerprint density at radius 3 is 2.36 bits per heavy atom. The van der Waals surface area contributed by atoms with Crippen molar-refractivity contribution >= 4 is 0 Å². The minimum absolute atomic E-state index is 0.134. The fourth-order valence-corrected chi connectivity index (χ4v) is 1.83. The minimum atomic E-state index is -0.134. The molecule has 0 amide bonds. The molecule has 0 aromatic heterocycles. The molecule has 1 N–H and O–H groups in total. The summed E-state index contributed by atoms with van der Waals surface area (Å²) in [5.74, 6) is 1.47. The Morgan fingerprint density at radius 1 is 1.36 bits per heavy atom. The first-order valence-corrected chi connectivity index (χ1v) is 4.53. The zero-order chi connectivity index (χ0) is 8.27. The molecule has 0 saturated carbocycles. The smallest absolute Gasteiger partial charge is 0.0514 e. The van der Waals surface area contributed by atoms with E-state index in [9.17, 15) is 0 Å². The summed E-state index contributed by atoms with van der Waals surface area (Å²) in [6, 6.07) is 0. The third-order valence-corrected chi connectivity index (χ3v) is 2.56. The Kier molecular flexibility index (Phi) is 3.13. The van der Waals surface area contributed by atoms with Gasteiger partial charge in [-0.3, -0.25) is 0 Å². The van der Waals surface area contributed by atoms with Crippen molar-refractivity contribution in [3.8, 4) is 0 Å². The van der Waals surface area contributed by atoms with Crippen LogP contribution in [0.1, 0.15) is 33.1 Å². The van der Waals surface area contributed by atoms with Gasteiger partial charge in [0.2, 0.25) is 0 Å². The Labute approximate surface area is 69.1 Å². The van der Waals surface area contributed by atoms with E-state index in [-0.39, 0.29) is 6.10 Å². The Hall–Kier alpha value is -0.300. The van der Waals surface area contributed by atoms with Crippen LogP contribution in [0.15, 0.2) is 12.2 Å². The van der Waals surface area contributed by atoms with Gasteiger partial charge in [0.15, 0.2) is 0 Å². The van der Waals surface area contributed by atoms with Gasteiger partial charge in [0.1, 0.15) is 0 Å². The van der Waals surface area contributed by atoms with Gasteiger partial charge in [-0.15, -0.1) is 0 Å². The standard InChI is InChI=1S/C10H18O/c1-8(7-9(2)11)10-5-3-4-6-10/h3-4,8-11H,5-7H2,1-2H3. The Bertz CT molecular complexity index is 130. The summed E-state index contributed by atoms with van der Waals surface area (Å²) in [4.78, 5) is 0. The zero-order valence-electron chi connectivity index (χ0n) is 7.46. The first-order valence-electron chi connectivity index (χ1n) is 4.53. The number of rotatable bonds is 3. The molecule has 11 heavy (non-hydrogen) atoms. The number of aliphatic hydroxyl groups is 1. The first-order chi connectivity index (χ1) is 5.20. The van der Waals surface area contributed by atoms with Gasteiger partial charge in [-0.25, -0.2) is 0 Å². The fraction of sp³-hybridized carbons (Fsp3) is 0.800. The van der Waals surface area contributed by atoms with Crippen LogP contribution in [0.3, 0.4) is 0 Å². The Morgan fingerprint density at radius 2 is 1.91 bits per heavy atom. The average Bonchev–Trinajstić information content (AvgIpc) is 2.35. The van der Waals surface area contributed by atoms with Crippen molar-refractivity contribution in [2.75, 3.05) is 0 Å². The highest BCUT2D eigenvalue weighted by Crippen LogP contribution is 2.28. The van der Waals surface area contributed by atoms with E-state index >= 15 is 0 Å². The molecule has 0 radical (unpaired) electrons. The maximum absolute atomic E-state index is 9.16.